The predicted molar refractivity (Wildman–Crippen MR) is 103 cm³/mol. The second-order valence-electron chi connectivity index (χ2n) is 6.62. The number of aromatic amines is 1. The Balaban J connectivity index is 3.01. The Morgan fingerprint density at radius 3 is 2.29 bits per heavy atom. The normalized spacial score (nSPS) is 14.5. The van der Waals surface area contributed by atoms with Crippen LogP contribution in [0.1, 0.15) is 19.0 Å². The zero-order valence-corrected chi connectivity index (χ0v) is 17.0. The number of ether oxygens (including phenoxy) is 1. The number of aliphatic hydroxyl groups is 1. The number of imidazole rings is 1. The highest BCUT2D eigenvalue weighted by molar-refractivity contribution is 5.95. The van der Waals surface area contributed by atoms with Crippen molar-refractivity contribution in [2.75, 3.05) is 13.7 Å². The van der Waals surface area contributed by atoms with E-state index in [1.165, 1.54) is 26.6 Å². The third-order valence-electron chi connectivity index (χ3n) is 4.01. The lowest BCUT2D eigenvalue weighted by atomic mass is 10.1. The molecule has 4 atom stereocenters. The van der Waals surface area contributed by atoms with E-state index < -0.39 is 60.2 Å². The summed E-state index contributed by atoms with van der Waals surface area (Å²) in [7, 11) is 1.27. The van der Waals surface area contributed by atoms with Gasteiger partial charge in [-0.25, -0.2) is 4.98 Å². The number of hydrogen-bond donors (Lipinski definition) is 7. The Kier molecular flexibility index (Phi) is 10.1. The fraction of sp³-hybridized carbons (Fsp3) is 0.529. The van der Waals surface area contributed by atoms with E-state index in [-0.39, 0.29) is 13.0 Å². The number of nitrogens with zero attached hydrogens (tertiary/aromatic N) is 1. The number of primary amides is 1. The molecular weight excluding hydrogens is 416 g/mol. The van der Waals surface area contributed by atoms with Gasteiger partial charge < -0.3 is 41.6 Å². The summed E-state index contributed by atoms with van der Waals surface area (Å²) in [6.07, 6.45) is 0.542. The van der Waals surface area contributed by atoms with Crippen LogP contribution in [0.5, 0.6) is 0 Å². The van der Waals surface area contributed by atoms with E-state index >= 15 is 0 Å². The van der Waals surface area contributed by atoms with Gasteiger partial charge in [-0.2, -0.15) is 0 Å². The number of carboxylic acid groups (broad SMARTS) is 1. The van der Waals surface area contributed by atoms with Crippen LogP contribution in [0.15, 0.2) is 12.5 Å². The van der Waals surface area contributed by atoms with E-state index in [0.717, 1.165) is 0 Å². The van der Waals surface area contributed by atoms with Crippen molar-refractivity contribution in [3.8, 4) is 0 Å². The van der Waals surface area contributed by atoms with Gasteiger partial charge in [0.05, 0.1) is 18.9 Å². The van der Waals surface area contributed by atoms with Crippen LogP contribution in [0.3, 0.4) is 0 Å². The highest BCUT2D eigenvalue weighted by Crippen LogP contribution is 2.03. The van der Waals surface area contributed by atoms with Crippen LogP contribution < -0.4 is 21.7 Å². The highest BCUT2D eigenvalue weighted by atomic mass is 16.5. The molecule has 0 unspecified atom stereocenters. The minimum Gasteiger partial charge on any atom is -0.481 e. The SMILES string of the molecule is COCC(=O)N[C@@H](C(=O)N[C@H](Cc1cnc[nH]1)C(=O)N[C@H](CC(=O)O)C(N)=O)[C@H](C)O. The van der Waals surface area contributed by atoms with E-state index in [9.17, 15) is 29.1 Å². The number of rotatable bonds is 13. The van der Waals surface area contributed by atoms with Gasteiger partial charge in [-0.1, -0.05) is 0 Å². The topological polar surface area (TPSA) is 226 Å². The summed E-state index contributed by atoms with van der Waals surface area (Å²) < 4.78 is 4.66. The van der Waals surface area contributed by atoms with E-state index in [1.54, 1.807) is 0 Å². The maximum absolute atomic E-state index is 12.7. The number of hydrogen-bond acceptors (Lipinski definition) is 8. The molecule has 0 radical (unpaired) electrons. The monoisotopic (exact) mass is 442 g/mol. The van der Waals surface area contributed by atoms with Gasteiger partial charge in [0.15, 0.2) is 0 Å². The molecule has 0 bridgehead atoms. The molecule has 0 saturated carbocycles. The number of methoxy groups -OCH3 is 1. The zero-order chi connectivity index (χ0) is 23.6. The molecule has 0 aliphatic rings. The van der Waals surface area contributed by atoms with Gasteiger partial charge in [0.25, 0.3) is 0 Å². The largest absolute Gasteiger partial charge is 0.481 e. The van der Waals surface area contributed by atoms with Gasteiger partial charge in [-0.05, 0) is 6.92 Å². The lowest BCUT2D eigenvalue weighted by Crippen LogP contribution is -2.59. The van der Waals surface area contributed by atoms with Crippen LogP contribution in [-0.2, 0) is 35.1 Å². The molecule has 31 heavy (non-hydrogen) atoms. The lowest BCUT2D eigenvalue weighted by molar-refractivity contribution is -0.140. The van der Waals surface area contributed by atoms with Crippen molar-refractivity contribution in [3.63, 3.8) is 0 Å². The molecule has 14 heteroatoms. The molecule has 1 rings (SSSR count). The Morgan fingerprint density at radius 2 is 1.81 bits per heavy atom. The van der Waals surface area contributed by atoms with Gasteiger partial charge in [-0.3, -0.25) is 24.0 Å². The fourth-order valence-electron chi connectivity index (χ4n) is 2.51. The van der Waals surface area contributed by atoms with Gasteiger partial charge in [0.2, 0.25) is 23.6 Å². The highest BCUT2D eigenvalue weighted by Gasteiger charge is 2.32. The standard InChI is InChI=1S/C17H26N6O8/c1-8(24)14(23-12(25)6-31-2)17(30)22-11(3-9-5-19-7-20-9)16(29)21-10(15(18)28)4-13(26)27/h5,7-8,10-11,14,24H,3-4,6H2,1-2H3,(H2,18,28)(H,19,20)(H,21,29)(H,22,30)(H,23,25)(H,26,27)/t8-,10+,11+,14+/m0/s1. The summed E-state index contributed by atoms with van der Waals surface area (Å²) in [5.41, 5.74) is 5.57. The fourth-order valence-corrected chi connectivity index (χ4v) is 2.51. The summed E-state index contributed by atoms with van der Waals surface area (Å²) in [4.78, 5) is 66.0. The lowest BCUT2D eigenvalue weighted by Gasteiger charge is -2.25. The molecule has 172 valence electrons. The molecule has 0 aromatic carbocycles. The number of H-pyrrole nitrogens is 1. The maximum Gasteiger partial charge on any atom is 0.305 e. The second-order valence-corrected chi connectivity index (χ2v) is 6.62. The number of nitrogens with two attached hydrogens (primary N) is 1. The Hall–Kier alpha value is -3.52. The van der Waals surface area contributed by atoms with E-state index in [4.69, 9.17) is 10.8 Å². The number of carbonyl (C=O) groups excluding carboxylic acids is 4. The maximum atomic E-state index is 12.7. The van der Waals surface area contributed by atoms with Crippen molar-refractivity contribution in [1.82, 2.24) is 25.9 Å². The molecule has 1 aromatic rings. The Morgan fingerprint density at radius 1 is 1.16 bits per heavy atom. The predicted octanol–water partition coefficient (Wildman–Crippen LogP) is -3.61. The number of aliphatic hydroxyl groups excluding tert-OH is 1. The number of amides is 4. The van der Waals surface area contributed by atoms with Gasteiger partial charge >= 0.3 is 5.97 Å². The number of aromatic nitrogens is 2. The minimum atomic E-state index is -1.51. The third-order valence-corrected chi connectivity index (χ3v) is 4.01. The third kappa shape index (κ3) is 8.79. The van der Waals surface area contributed by atoms with E-state index in [1.807, 2.05) is 0 Å². The number of aliphatic carboxylic acids is 1. The molecular formula is C17H26N6O8. The first-order valence-electron chi connectivity index (χ1n) is 9.10. The second kappa shape index (κ2) is 12.2. The van der Waals surface area contributed by atoms with Crippen molar-refractivity contribution in [3.05, 3.63) is 18.2 Å². The average Bonchev–Trinajstić information content (AvgIpc) is 3.17. The van der Waals surface area contributed by atoms with Gasteiger partial charge in [0.1, 0.15) is 24.7 Å². The van der Waals surface area contributed by atoms with Crippen LogP contribution in [-0.4, -0.2) is 87.7 Å². The van der Waals surface area contributed by atoms with Crippen molar-refractivity contribution in [2.24, 2.45) is 5.73 Å². The first kappa shape index (κ1) is 25.5. The van der Waals surface area contributed by atoms with Crippen molar-refractivity contribution < 1.29 is 38.9 Å². The molecule has 0 spiro atoms. The first-order chi connectivity index (χ1) is 14.5. The number of carboxylic acids is 1. The summed E-state index contributed by atoms with van der Waals surface area (Å²) in [6, 6.07) is -4.24. The van der Waals surface area contributed by atoms with Crippen molar-refractivity contribution in [1.29, 1.82) is 0 Å². The quantitative estimate of drug-likeness (QED) is 0.160. The average molecular weight is 442 g/mol. The van der Waals surface area contributed by atoms with Crippen molar-refractivity contribution >= 4 is 29.6 Å². The van der Waals surface area contributed by atoms with Gasteiger partial charge in [-0.15, -0.1) is 0 Å². The van der Waals surface area contributed by atoms with E-state index in [2.05, 4.69) is 30.7 Å². The summed E-state index contributed by atoms with van der Waals surface area (Å²) >= 11 is 0. The summed E-state index contributed by atoms with van der Waals surface area (Å²) in [6.45, 7) is 0.904. The molecule has 0 aliphatic heterocycles. The summed E-state index contributed by atoms with van der Waals surface area (Å²) in [5, 5.41) is 25.6. The first-order valence-corrected chi connectivity index (χ1v) is 9.10. The van der Waals surface area contributed by atoms with Crippen molar-refractivity contribution in [2.45, 2.75) is 44.0 Å². The smallest absolute Gasteiger partial charge is 0.305 e. The number of nitrogens with one attached hydrogen (secondary N) is 4. The van der Waals surface area contributed by atoms with Crippen LogP contribution >= 0.6 is 0 Å². The molecule has 0 saturated heterocycles. The van der Waals surface area contributed by atoms with Crippen LogP contribution in [0.4, 0.5) is 0 Å². The van der Waals surface area contributed by atoms with Gasteiger partial charge in [0, 0.05) is 25.4 Å². The summed E-state index contributed by atoms with van der Waals surface area (Å²) in [5.74, 6) is -4.91. The van der Waals surface area contributed by atoms with Crippen LogP contribution in [0.2, 0.25) is 0 Å². The van der Waals surface area contributed by atoms with Crippen LogP contribution in [0.25, 0.3) is 0 Å². The molecule has 0 fully saturated rings. The van der Waals surface area contributed by atoms with E-state index in [0.29, 0.717) is 5.69 Å². The Bertz CT molecular complexity index is 782. The molecule has 0 aliphatic carbocycles. The molecule has 1 heterocycles. The minimum absolute atomic E-state index is 0.116. The Labute approximate surface area is 176 Å². The van der Waals surface area contributed by atoms with Crippen LogP contribution in [0, 0.1) is 0 Å². The molecule has 14 nitrogen and oxygen atoms in total. The molecule has 1 aromatic heterocycles. The molecule has 8 N–H and O–H groups in total. The zero-order valence-electron chi connectivity index (χ0n) is 17.0. The molecule has 4 amide bonds. The number of carbonyl (C=O) groups is 5.